The number of esters is 1. The normalized spacial score (nSPS) is 21.7. The lowest BCUT2D eigenvalue weighted by Gasteiger charge is -2.22. The second kappa shape index (κ2) is 25.3. The van der Waals surface area contributed by atoms with Gasteiger partial charge in [-0.2, -0.15) is 0 Å². The molecule has 1 saturated heterocycles. The molecule has 0 spiro atoms. The van der Waals surface area contributed by atoms with Gasteiger partial charge in [0.15, 0.2) is 0 Å². The third kappa shape index (κ3) is 18.6. The van der Waals surface area contributed by atoms with Crippen LogP contribution in [0.5, 0.6) is 0 Å². The van der Waals surface area contributed by atoms with Crippen molar-refractivity contribution in [3.05, 3.63) is 11.6 Å². The van der Waals surface area contributed by atoms with Gasteiger partial charge in [0.2, 0.25) is 0 Å². The molecule has 0 bridgehead atoms. The number of carbonyl (C=O) groups excluding carboxylic acids is 1. The number of cyclic esters (lactones) is 1. The lowest BCUT2D eigenvalue weighted by atomic mass is 10.00. The monoisotopic (exact) mass is 607 g/mol. The lowest BCUT2D eigenvalue weighted by molar-refractivity contribution is -0.139. The summed E-state index contributed by atoms with van der Waals surface area (Å²) in [6.07, 6.45) is 34.9. The predicted octanol–water partition coefficient (Wildman–Crippen LogP) is 10.3. The summed E-state index contributed by atoms with van der Waals surface area (Å²) in [6, 6.07) is 0. The van der Waals surface area contributed by atoms with E-state index in [1.54, 1.807) is 0 Å². The molecule has 0 radical (unpaired) electrons. The fourth-order valence-corrected chi connectivity index (χ4v) is 6.90. The summed E-state index contributed by atoms with van der Waals surface area (Å²) in [4.78, 5) is 11.6. The van der Waals surface area contributed by atoms with E-state index in [9.17, 15) is 15.0 Å². The highest BCUT2D eigenvalue weighted by molar-refractivity contribution is 5.90. The maximum Gasteiger partial charge on any atom is 0.334 e. The van der Waals surface area contributed by atoms with Crippen LogP contribution in [0.3, 0.4) is 0 Å². The SMILES string of the molecule is CCCCCCCCCCCCCCC[C@H](O)[C@@H]1CC[C@@H]([C@@H](O)CCCCCCCCCCCCC2=CC(C)OC2=O)O1. The average Bonchev–Trinajstić information content (AvgIpc) is 3.62. The standard InChI is InChI=1S/C38H70O5/c1-3-4-5-6-7-8-9-10-11-15-18-21-24-27-34(39)36-29-30-37(43-36)35(40)28-25-22-19-16-13-12-14-17-20-23-26-33-31-32(2)42-38(33)41/h31-32,34-37,39-40H,3-30H2,1-2H3/t32?,34-,35-,36-,37-/m0/s1. The molecule has 0 aromatic carbocycles. The van der Waals surface area contributed by atoms with Crippen molar-refractivity contribution in [2.75, 3.05) is 0 Å². The molecule has 2 heterocycles. The molecule has 0 amide bonds. The van der Waals surface area contributed by atoms with E-state index in [-0.39, 0.29) is 30.4 Å². The van der Waals surface area contributed by atoms with Crippen molar-refractivity contribution in [2.45, 2.75) is 224 Å². The van der Waals surface area contributed by atoms with Crippen LogP contribution in [0.15, 0.2) is 11.6 Å². The first kappa shape index (κ1) is 38.3. The van der Waals surface area contributed by atoms with Crippen LogP contribution in [-0.2, 0) is 14.3 Å². The Bertz CT molecular complexity index is 706. The Morgan fingerprint density at radius 2 is 1.00 bits per heavy atom. The highest BCUT2D eigenvalue weighted by atomic mass is 16.5. The molecule has 5 nitrogen and oxygen atoms in total. The summed E-state index contributed by atoms with van der Waals surface area (Å²) in [6.45, 7) is 4.20. The largest absolute Gasteiger partial charge is 0.455 e. The summed E-state index contributed by atoms with van der Waals surface area (Å²) in [5.41, 5.74) is 0.870. The molecular weight excluding hydrogens is 536 g/mol. The number of hydrogen-bond acceptors (Lipinski definition) is 5. The van der Waals surface area contributed by atoms with E-state index in [0.29, 0.717) is 0 Å². The van der Waals surface area contributed by atoms with Gasteiger partial charge in [0.25, 0.3) is 0 Å². The molecule has 43 heavy (non-hydrogen) atoms. The van der Waals surface area contributed by atoms with Gasteiger partial charge in [-0.3, -0.25) is 0 Å². The quantitative estimate of drug-likeness (QED) is 0.0654. The van der Waals surface area contributed by atoms with Gasteiger partial charge in [-0.25, -0.2) is 4.79 Å². The third-order valence-corrected chi connectivity index (χ3v) is 9.73. The van der Waals surface area contributed by atoms with Crippen LogP contribution in [0.1, 0.15) is 194 Å². The molecule has 1 unspecified atom stereocenters. The van der Waals surface area contributed by atoms with Crippen molar-refractivity contribution >= 4 is 5.97 Å². The number of rotatable bonds is 29. The van der Waals surface area contributed by atoms with Crippen LogP contribution in [0.4, 0.5) is 0 Å². The van der Waals surface area contributed by atoms with Crippen LogP contribution in [0, 0.1) is 0 Å². The number of aliphatic hydroxyl groups excluding tert-OH is 2. The minimum absolute atomic E-state index is 0.0447. The van der Waals surface area contributed by atoms with Crippen LogP contribution in [0.25, 0.3) is 0 Å². The number of aliphatic hydroxyl groups is 2. The minimum Gasteiger partial charge on any atom is -0.455 e. The molecule has 2 rings (SSSR count). The zero-order valence-corrected chi connectivity index (χ0v) is 28.4. The highest BCUT2D eigenvalue weighted by Crippen LogP contribution is 2.28. The molecule has 0 saturated carbocycles. The smallest absolute Gasteiger partial charge is 0.334 e. The van der Waals surface area contributed by atoms with Gasteiger partial charge < -0.3 is 19.7 Å². The van der Waals surface area contributed by atoms with E-state index in [1.807, 2.05) is 13.0 Å². The molecule has 1 fully saturated rings. The number of carbonyl (C=O) groups is 1. The fraction of sp³-hybridized carbons (Fsp3) is 0.921. The van der Waals surface area contributed by atoms with Gasteiger partial charge in [0.05, 0.1) is 24.4 Å². The summed E-state index contributed by atoms with van der Waals surface area (Å²) >= 11 is 0. The van der Waals surface area contributed by atoms with Crippen LogP contribution >= 0.6 is 0 Å². The molecule has 2 N–H and O–H groups in total. The Balaban J connectivity index is 1.33. The first-order valence-corrected chi connectivity index (χ1v) is 18.9. The Morgan fingerprint density at radius 3 is 1.37 bits per heavy atom. The number of unbranched alkanes of at least 4 members (excludes halogenated alkanes) is 21. The molecule has 5 heteroatoms. The molecule has 2 aliphatic rings. The Hall–Kier alpha value is -0.910. The van der Waals surface area contributed by atoms with Gasteiger partial charge in [-0.15, -0.1) is 0 Å². The average molecular weight is 607 g/mol. The topological polar surface area (TPSA) is 76.0 Å². The number of ether oxygens (including phenoxy) is 2. The van der Waals surface area contributed by atoms with E-state index in [4.69, 9.17) is 9.47 Å². The molecule has 2 aliphatic heterocycles. The second-order valence-corrected chi connectivity index (χ2v) is 13.8. The van der Waals surface area contributed by atoms with E-state index in [1.165, 1.54) is 128 Å². The van der Waals surface area contributed by atoms with Crippen molar-refractivity contribution < 1.29 is 24.5 Å². The van der Waals surface area contributed by atoms with Crippen molar-refractivity contribution in [3.63, 3.8) is 0 Å². The van der Waals surface area contributed by atoms with Crippen molar-refractivity contribution in [1.29, 1.82) is 0 Å². The molecule has 252 valence electrons. The molecule has 0 aliphatic carbocycles. The molecule has 5 atom stereocenters. The summed E-state index contributed by atoms with van der Waals surface area (Å²) < 4.78 is 11.3. The van der Waals surface area contributed by atoms with Gasteiger partial charge in [0, 0.05) is 5.57 Å². The summed E-state index contributed by atoms with van der Waals surface area (Å²) in [5, 5.41) is 21.3. The zero-order valence-electron chi connectivity index (χ0n) is 28.4. The van der Waals surface area contributed by atoms with Crippen molar-refractivity contribution in [1.82, 2.24) is 0 Å². The van der Waals surface area contributed by atoms with Crippen LogP contribution in [-0.4, -0.2) is 46.7 Å². The van der Waals surface area contributed by atoms with E-state index >= 15 is 0 Å². The maximum atomic E-state index is 11.6. The van der Waals surface area contributed by atoms with Crippen LogP contribution < -0.4 is 0 Å². The molecular formula is C38H70O5. The molecule has 0 aromatic heterocycles. The summed E-state index contributed by atoms with van der Waals surface area (Å²) in [7, 11) is 0. The number of hydrogen-bond donors (Lipinski definition) is 2. The van der Waals surface area contributed by atoms with Gasteiger partial charge >= 0.3 is 5.97 Å². The van der Waals surface area contributed by atoms with E-state index in [2.05, 4.69) is 6.92 Å². The van der Waals surface area contributed by atoms with Crippen molar-refractivity contribution in [3.8, 4) is 0 Å². The van der Waals surface area contributed by atoms with Gasteiger partial charge in [-0.1, -0.05) is 148 Å². The second-order valence-electron chi connectivity index (χ2n) is 13.8. The summed E-state index contributed by atoms with van der Waals surface area (Å²) in [5.74, 6) is -0.116. The predicted molar refractivity (Wildman–Crippen MR) is 179 cm³/mol. The fourth-order valence-electron chi connectivity index (χ4n) is 6.90. The Kier molecular flexibility index (Phi) is 22.5. The Labute approximate surface area is 266 Å². The maximum absolute atomic E-state index is 11.6. The molecule has 0 aromatic rings. The first-order valence-electron chi connectivity index (χ1n) is 18.9. The third-order valence-electron chi connectivity index (χ3n) is 9.73. The van der Waals surface area contributed by atoms with Crippen LogP contribution in [0.2, 0.25) is 0 Å². The van der Waals surface area contributed by atoms with E-state index < -0.39 is 6.10 Å². The zero-order chi connectivity index (χ0) is 31.0. The van der Waals surface area contributed by atoms with E-state index in [0.717, 1.165) is 56.9 Å². The Morgan fingerprint density at radius 1 is 0.628 bits per heavy atom. The lowest BCUT2D eigenvalue weighted by Crippen LogP contribution is -2.31. The highest BCUT2D eigenvalue weighted by Gasteiger charge is 2.34. The van der Waals surface area contributed by atoms with Gasteiger partial charge in [-0.05, 0) is 51.5 Å². The first-order chi connectivity index (χ1) is 21.0. The van der Waals surface area contributed by atoms with Crippen molar-refractivity contribution in [2.24, 2.45) is 0 Å². The minimum atomic E-state index is -0.390. The van der Waals surface area contributed by atoms with Gasteiger partial charge in [0.1, 0.15) is 6.10 Å².